The Morgan fingerprint density at radius 1 is 1.33 bits per heavy atom. The fourth-order valence-electron chi connectivity index (χ4n) is 3.35. The van der Waals surface area contributed by atoms with Gasteiger partial charge in [-0.3, -0.25) is 4.79 Å². The van der Waals surface area contributed by atoms with Crippen molar-refractivity contribution in [3.63, 3.8) is 0 Å². The fourth-order valence-corrected chi connectivity index (χ4v) is 3.35. The molecular weight excluding hydrogens is 356 g/mol. The topological polar surface area (TPSA) is 84.2 Å². The molecule has 0 unspecified atom stereocenters. The molecule has 1 aromatic carbocycles. The van der Waals surface area contributed by atoms with E-state index >= 15 is 0 Å². The summed E-state index contributed by atoms with van der Waals surface area (Å²) in [6.45, 7) is 2.96. The summed E-state index contributed by atoms with van der Waals surface area (Å²) in [6, 6.07) is 3.07. The van der Waals surface area contributed by atoms with Gasteiger partial charge in [0.2, 0.25) is 5.91 Å². The van der Waals surface area contributed by atoms with Crippen LogP contribution in [0.5, 0.6) is 0 Å². The number of rotatable bonds is 3. The average Bonchev–Trinajstić information content (AvgIpc) is 3.05. The maximum atomic E-state index is 13.8. The number of hydrogen-bond donors (Lipinski definition) is 1. The Kier molecular flexibility index (Phi) is 4.43. The minimum Gasteiger partial charge on any atom is -0.355 e. The fraction of sp³-hybridized carbons (Fsp3) is 0.333. The Morgan fingerprint density at radius 3 is 3.00 bits per heavy atom. The predicted octanol–water partition coefficient (Wildman–Crippen LogP) is 3.06. The van der Waals surface area contributed by atoms with Crippen LogP contribution in [0.15, 0.2) is 29.0 Å². The van der Waals surface area contributed by atoms with Crippen LogP contribution in [0.1, 0.15) is 18.5 Å². The molecule has 4 rings (SSSR count). The SMILES string of the molecule is Cc1noc2ncnc(N3CCC[C@@H](C(=O)Nc4ccc(F)cc4F)C3)c12. The average molecular weight is 373 g/mol. The van der Waals surface area contributed by atoms with Crippen molar-refractivity contribution in [3.05, 3.63) is 41.9 Å². The number of fused-ring (bicyclic) bond motifs is 1. The third kappa shape index (κ3) is 3.32. The molecule has 0 saturated carbocycles. The van der Waals surface area contributed by atoms with E-state index in [-0.39, 0.29) is 17.5 Å². The van der Waals surface area contributed by atoms with Crippen molar-refractivity contribution in [1.29, 1.82) is 0 Å². The number of carbonyl (C=O) groups is 1. The highest BCUT2D eigenvalue weighted by atomic mass is 19.1. The van der Waals surface area contributed by atoms with Gasteiger partial charge in [0, 0.05) is 19.2 Å². The van der Waals surface area contributed by atoms with Crippen molar-refractivity contribution < 1.29 is 18.1 Å². The zero-order valence-electron chi connectivity index (χ0n) is 14.6. The van der Waals surface area contributed by atoms with Gasteiger partial charge in [-0.2, -0.15) is 4.98 Å². The molecule has 27 heavy (non-hydrogen) atoms. The summed E-state index contributed by atoms with van der Waals surface area (Å²) in [5.41, 5.74) is 1.05. The van der Waals surface area contributed by atoms with Crippen LogP contribution in [-0.4, -0.2) is 34.1 Å². The van der Waals surface area contributed by atoms with Crippen LogP contribution in [0.2, 0.25) is 0 Å². The number of piperidine rings is 1. The Labute approximate surface area is 153 Å². The monoisotopic (exact) mass is 373 g/mol. The number of nitrogens with zero attached hydrogens (tertiary/aromatic N) is 4. The van der Waals surface area contributed by atoms with Crippen molar-refractivity contribution in [1.82, 2.24) is 15.1 Å². The molecule has 9 heteroatoms. The smallest absolute Gasteiger partial charge is 0.263 e. The zero-order valence-corrected chi connectivity index (χ0v) is 14.6. The first-order valence-corrected chi connectivity index (χ1v) is 8.61. The lowest BCUT2D eigenvalue weighted by atomic mass is 9.96. The van der Waals surface area contributed by atoms with E-state index in [0.29, 0.717) is 30.2 Å². The van der Waals surface area contributed by atoms with Crippen molar-refractivity contribution in [2.75, 3.05) is 23.3 Å². The number of benzene rings is 1. The van der Waals surface area contributed by atoms with Gasteiger partial charge in [-0.05, 0) is 31.9 Å². The molecule has 7 nitrogen and oxygen atoms in total. The van der Waals surface area contributed by atoms with E-state index in [4.69, 9.17) is 4.52 Å². The highest BCUT2D eigenvalue weighted by Crippen LogP contribution is 2.30. The molecule has 0 spiro atoms. The molecule has 1 atom stereocenters. The molecule has 2 aromatic heterocycles. The lowest BCUT2D eigenvalue weighted by Gasteiger charge is -2.33. The van der Waals surface area contributed by atoms with Crippen molar-refractivity contribution in [2.24, 2.45) is 5.92 Å². The van der Waals surface area contributed by atoms with Crippen molar-refractivity contribution >= 4 is 28.5 Å². The number of amides is 1. The molecule has 0 aliphatic carbocycles. The Morgan fingerprint density at radius 2 is 2.19 bits per heavy atom. The van der Waals surface area contributed by atoms with Gasteiger partial charge in [-0.1, -0.05) is 5.16 Å². The number of aryl methyl sites for hydroxylation is 1. The summed E-state index contributed by atoms with van der Waals surface area (Å²) >= 11 is 0. The summed E-state index contributed by atoms with van der Waals surface area (Å²) in [4.78, 5) is 23.0. The molecule has 1 aliphatic rings. The number of carbonyl (C=O) groups excluding carboxylic acids is 1. The van der Waals surface area contributed by atoms with Crippen molar-refractivity contribution in [3.8, 4) is 0 Å². The van der Waals surface area contributed by atoms with E-state index in [0.717, 1.165) is 30.5 Å². The molecule has 0 bridgehead atoms. The standard InChI is InChI=1S/C18H17F2N5O2/c1-10-15-16(21-9-22-18(15)27-24-10)25-6-2-3-11(8-25)17(26)23-14-5-4-12(19)7-13(14)20/h4-5,7,9,11H,2-3,6,8H2,1H3,(H,23,26)/t11-/m1/s1. The van der Waals surface area contributed by atoms with Crippen LogP contribution in [-0.2, 0) is 4.79 Å². The van der Waals surface area contributed by atoms with Crippen molar-refractivity contribution in [2.45, 2.75) is 19.8 Å². The highest BCUT2D eigenvalue weighted by molar-refractivity contribution is 5.94. The van der Waals surface area contributed by atoms with Crippen LogP contribution < -0.4 is 10.2 Å². The molecule has 1 saturated heterocycles. The Hall–Kier alpha value is -3.10. The van der Waals surface area contributed by atoms with Crippen LogP contribution >= 0.6 is 0 Å². The van der Waals surface area contributed by atoms with E-state index < -0.39 is 11.6 Å². The Bertz CT molecular complexity index is 1010. The summed E-state index contributed by atoms with van der Waals surface area (Å²) < 4.78 is 32.0. The normalized spacial score (nSPS) is 17.3. The van der Waals surface area contributed by atoms with Gasteiger partial charge in [0.1, 0.15) is 29.2 Å². The Balaban J connectivity index is 1.54. The summed E-state index contributed by atoms with van der Waals surface area (Å²) in [5.74, 6) is -1.48. The highest BCUT2D eigenvalue weighted by Gasteiger charge is 2.29. The van der Waals surface area contributed by atoms with Crippen LogP contribution in [0.4, 0.5) is 20.3 Å². The van der Waals surface area contributed by atoms with Gasteiger partial charge in [-0.15, -0.1) is 0 Å². The van der Waals surface area contributed by atoms with E-state index in [9.17, 15) is 13.6 Å². The molecule has 3 heterocycles. The summed E-state index contributed by atoms with van der Waals surface area (Å²) in [5, 5.41) is 7.20. The van der Waals surface area contributed by atoms with Crippen LogP contribution in [0, 0.1) is 24.5 Å². The zero-order chi connectivity index (χ0) is 19.0. The van der Waals surface area contributed by atoms with Gasteiger partial charge in [0.15, 0.2) is 0 Å². The van der Waals surface area contributed by atoms with E-state index in [1.807, 2.05) is 11.8 Å². The van der Waals surface area contributed by atoms with E-state index in [1.54, 1.807) is 0 Å². The molecule has 1 N–H and O–H groups in total. The van der Waals surface area contributed by atoms with Crippen LogP contribution in [0.3, 0.4) is 0 Å². The minimum atomic E-state index is -0.798. The molecule has 0 radical (unpaired) electrons. The largest absolute Gasteiger partial charge is 0.355 e. The van der Waals surface area contributed by atoms with Gasteiger partial charge < -0.3 is 14.7 Å². The molecule has 1 aliphatic heterocycles. The second kappa shape index (κ2) is 6.90. The maximum Gasteiger partial charge on any atom is 0.263 e. The second-order valence-electron chi connectivity index (χ2n) is 6.54. The maximum absolute atomic E-state index is 13.8. The van der Waals surface area contributed by atoms with Gasteiger partial charge >= 0.3 is 0 Å². The first-order valence-electron chi connectivity index (χ1n) is 8.61. The number of halogens is 2. The minimum absolute atomic E-state index is 0.0298. The number of hydrogen-bond acceptors (Lipinski definition) is 6. The third-order valence-corrected chi connectivity index (χ3v) is 4.70. The van der Waals surface area contributed by atoms with E-state index in [1.165, 1.54) is 12.4 Å². The summed E-state index contributed by atoms with van der Waals surface area (Å²) in [7, 11) is 0. The van der Waals surface area contributed by atoms with Gasteiger partial charge in [0.05, 0.1) is 17.3 Å². The molecule has 140 valence electrons. The first kappa shape index (κ1) is 17.3. The van der Waals surface area contributed by atoms with E-state index in [2.05, 4.69) is 20.4 Å². The second-order valence-corrected chi connectivity index (χ2v) is 6.54. The number of nitrogens with one attached hydrogen (secondary N) is 1. The summed E-state index contributed by atoms with van der Waals surface area (Å²) in [6.07, 6.45) is 2.85. The molecule has 1 fully saturated rings. The molecular formula is C18H17F2N5O2. The lowest BCUT2D eigenvalue weighted by molar-refractivity contribution is -0.120. The third-order valence-electron chi connectivity index (χ3n) is 4.70. The number of aromatic nitrogens is 3. The number of anilines is 2. The quantitative estimate of drug-likeness (QED) is 0.760. The van der Waals surface area contributed by atoms with Gasteiger partial charge in [-0.25, -0.2) is 13.8 Å². The van der Waals surface area contributed by atoms with Crippen LogP contribution in [0.25, 0.3) is 11.1 Å². The molecule has 3 aromatic rings. The predicted molar refractivity (Wildman–Crippen MR) is 94.3 cm³/mol. The molecule has 1 amide bonds. The first-order chi connectivity index (χ1) is 13.0. The van der Waals surface area contributed by atoms with Gasteiger partial charge in [0.25, 0.3) is 5.71 Å². The lowest BCUT2D eigenvalue weighted by Crippen LogP contribution is -2.41.